The Morgan fingerprint density at radius 2 is 2.04 bits per heavy atom. The highest BCUT2D eigenvalue weighted by Crippen LogP contribution is 2.23. The molecule has 1 saturated heterocycles. The Morgan fingerprint density at radius 3 is 2.78 bits per heavy atom. The van der Waals surface area contributed by atoms with E-state index in [1.165, 1.54) is 0 Å². The van der Waals surface area contributed by atoms with Crippen LogP contribution in [0.15, 0.2) is 48.7 Å². The van der Waals surface area contributed by atoms with E-state index in [1.807, 2.05) is 36.1 Å². The van der Waals surface area contributed by atoms with Crippen LogP contribution in [0.1, 0.15) is 29.4 Å². The SMILES string of the molecule is CCOc1ccccc1CN1CCN(C(=O)c2ccccn2)C[C@H]1CCO. The predicted octanol–water partition coefficient (Wildman–Crippen LogP) is 2.19. The zero-order valence-electron chi connectivity index (χ0n) is 15.8. The normalized spacial score (nSPS) is 17.7. The molecule has 0 bridgehead atoms. The van der Waals surface area contributed by atoms with Crippen molar-refractivity contribution in [3.05, 3.63) is 59.9 Å². The number of hydrogen-bond donors (Lipinski definition) is 1. The van der Waals surface area contributed by atoms with Gasteiger partial charge in [0.1, 0.15) is 11.4 Å². The second kappa shape index (κ2) is 9.48. The van der Waals surface area contributed by atoms with Crippen molar-refractivity contribution in [1.82, 2.24) is 14.8 Å². The molecule has 1 aliphatic heterocycles. The molecule has 1 atom stereocenters. The maximum atomic E-state index is 12.7. The number of pyridine rings is 1. The van der Waals surface area contributed by atoms with Gasteiger partial charge in [0.15, 0.2) is 0 Å². The molecule has 2 aromatic rings. The zero-order valence-corrected chi connectivity index (χ0v) is 15.8. The first-order valence-electron chi connectivity index (χ1n) is 9.48. The lowest BCUT2D eigenvalue weighted by molar-refractivity contribution is 0.0388. The van der Waals surface area contributed by atoms with E-state index in [2.05, 4.69) is 16.0 Å². The van der Waals surface area contributed by atoms with Crippen LogP contribution >= 0.6 is 0 Å². The van der Waals surface area contributed by atoms with Crippen LogP contribution in [0.5, 0.6) is 5.75 Å². The van der Waals surface area contributed by atoms with Crippen molar-refractivity contribution >= 4 is 5.91 Å². The summed E-state index contributed by atoms with van der Waals surface area (Å²) in [5.41, 5.74) is 1.60. The Balaban J connectivity index is 1.70. The van der Waals surface area contributed by atoms with E-state index in [0.717, 1.165) is 24.4 Å². The Labute approximate surface area is 160 Å². The number of piperazine rings is 1. The molecule has 6 heteroatoms. The van der Waals surface area contributed by atoms with E-state index >= 15 is 0 Å². The number of aliphatic hydroxyl groups is 1. The largest absolute Gasteiger partial charge is 0.494 e. The van der Waals surface area contributed by atoms with E-state index in [1.54, 1.807) is 18.3 Å². The highest BCUT2D eigenvalue weighted by molar-refractivity contribution is 5.92. The summed E-state index contributed by atoms with van der Waals surface area (Å²) in [6.07, 6.45) is 2.27. The molecule has 1 amide bonds. The fourth-order valence-electron chi connectivity index (χ4n) is 3.51. The van der Waals surface area contributed by atoms with Gasteiger partial charge in [-0.3, -0.25) is 14.7 Å². The van der Waals surface area contributed by atoms with Crippen LogP contribution in [0.3, 0.4) is 0 Å². The molecule has 0 radical (unpaired) electrons. The fourth-order valence-corrected chi connectivity index (χ4v) is 3.51. The number of benzene rings is 1. The van der Waals surface area contributed by atoms with Gasteiger partial charge in [-0.05, 0) is 31.5 Å². The smallest absolute Gasteiger partial charge is 0.272 e. The Bertz CT molecular complexity index is 738. The number of ether oxygens (including phenoxy) is 1. The van der Waals surface area contributed by atoms with Gasteiger partial charge in [-0.15, -0.1) is 0 Å². The molecule has 0 aliphatic carbocycles. The summed E-state index contributed by atoms with van der Waals surface area (Å²) in [5, 5.41) is 9.52. The molecule has 144 valence electrons. The standard InChI is InChI=1S/C21H27N3O3/c1-2-27-20-9-4-3-7-17(20)15-23-12-13-24(16-18(23)10-14-25)21(26)19-8-5-6-11-22-19/h3-9,11,18,25H,2,10,12-16H2,1H3/t18-/m1/s1. The highest BCUT2D eigenvalue weighted by Gasteiger charge is 2.30. The number of para-hydroxylation sites is 1. The van der Waals surface area contributed by atoms with Gasteiger partial charge < -0.3 is 14.7 Å². The van der Waals surface area contributed by atoms with Gasteiger partial charge >= 0.3 is 0 Å². The Morgan fingerprint density at radius 1 is 1.22 bits per heavy atom. The number of aromatic nitrogens is 1. The lowest BCUT2D eigenvalue weighted by Gasteiger charge is -2.41. The predicted molar refractivity (Wildman–Crippen MR) is 104 cm³/mol. The van der Waals surface area contributed by atoms with Gasteiger partial charge in [-0.25, -0.2) is 0 Å². The number of carbonyl (C=O) groups excluding carboxylic acids is 1. The number of amides is 1. The van der Waals surface area contributed by atoms with E-state index in [0.29, 0.717) is 31.8 Å². The maximum Gasteiger partial charge on any atom is 0.272 e. The lowest BCUT2D eigenvalue weighted by Crippen LogP contribution is -2.54. The molecule has 0 saturated carbocycles. The Kier molecular flexibility index (Phi) is 6.79. The molecular weight excluding hydrogens is 342 g/mol. The first-order chi connectivity index (χ1) is 13.2. The maximum absolute atomic E-state index is 12.7. The van der Waals surface area contributed by atoms with Crippen LogP contribution < -0.4 is 4.74 Å². The van der Waals surface area contributed by atoms with Crippen molar-refractivity contribution in [2.45, 2.75) is 25.9 Å². The second-order valence-electron chi connectivity index (χ2n) is 6.64. The summed E-state index contributed by atoms with van der Waals surface area (Å²) in [5.74, 6) is 0.850. The van der Waals surface area contributed by atoms with Crippen molar-refractivity contribution in [2.75, 3.05) is 32.8 Å². The van der Waals surface area contributed by atoms with Gasteiger partial charge in [0.2, 0.25) is 0 Å². The van der Waals surface area contributed by atoms with Gasteiger partial charge in [0.05, 0.1) is 6.61 Å². The minimum absolute atomic E-state index is 0.0482. The third-order valence-electron chi connectivity index (χ3n) is 4.88. The van der Waals surface area contributed by atoms with Gasteiger partial charge in [0, 0.05) is 50.6 Å². The van der Waals surface area contributed by atoms with Crippen LogP contribution in [0, 0.1) is 0 Å². The van der Waals surface area contributed by atoms with Gasteiger partial charge in [0.25, 0.3) is 5.91 Å². The molecule has 1 aliphatic rings. The zero-order chi connectivity index (χ0) is 19.1. The van der Waals surface area contributed by atoms with E-state index < -0.39 is 0 Å². The summed E-state index contributed by atoms with van der Waals surface area (Å²) in [6.45, 7) is 5.44. The molecule has 27 heavy (non-hydrogen) atoms. The second-order valence-corrected chi connectivity index (χ2v) is 6.64. The molecule has 2 heterocycles. The number of aliphatic hydroxyl groups excluding tert-OH is 1. The molecule has 3 rings (SSSR count). The minimum Gasteiger partial charge on any atom is -0.494 e. The van der Waals surface area contributed by atoms with E-state index in [4.69, 9.17) is 4.74 Å². The third-order valence-corrected chi connectivity index (χ3v) is 4.88. The lowest BCUT2D eigenvalue weighted by atomic mass is 10.1. The topological polar surface area (TPSA) is 65.9 Å². The quantitative estimate of drug-likeness (QED) is 0.810. The van der Waals surface area contributed by atoms with Crippen molar-refractivity contribution < 1.29 is 14.6 Å². The molecule has 6 nitrogen and oxygen atoms in total. The number of nitrogens with zero attached hydrogens (tertiary/aromatic N) is 3. The minimum atomic E-state index is -0.0482. The summed E-state index contributed by atoms with van der Waals surface area (Å²) in [7, 11) is 0. The molecule has 1 aromatic carbocycles. The van der Waals surface area contributed by atoms with Crippen molar-refractivity contribution in [1.29, 1.82) is 0 Å². The highest BCUT2D eigenvalue weighted by atomic mass is 16.5. The van der Waals surface area contributed by atoms with Gasteiger partial charge in [-0.2, -0.15) is 0 Å². The molecule has 1 N–H and O–H groups in total. The number of hydrogen-bond acceptors (Lipinski definition) is 5. The van der Waals surface area contributed by atoms with Crippen LogP contribution in [-0.4, -0.2) is 64.7 Å². The molecule has 0 unspecified atom stereocenters. The van der Waals surface area contributed by atoms with Crippen LogP contribution in [0.2, 0.25) is 0 Å². The third kappa shape index (κ3) is 4.84. The number of rotatable bonds is 7. The average Bonchev–Trinajstić information content (AvgIpc) is 2.71. The molecule has 1 aromatic heterocycles. The van der Waals surface area contributed by atoms with Crippen molar-refractivity contribution in [3.8, 4) is 5.75 Å². The fraction of sp³-hybridized carbons (Fsp3) is 0.429. The summed E-state index contributed by atoms with van der Waals surface area (Å²) >= 11 is 0. The molecule has 0 spiro atoms. The Hall–Kier alpha value is -2.44. The first-order valence-corrected chi connectivity index (χ1v) is 9.48. The average molecular weight is 369 g/mol. The monoisotopic (exact) mass is 369 g/mol. The van der Waals surface area contributed by atoms with Crippen LogP contribution in [-0.2, 0) is 6.54 Å². The van der Waals surface area contributed by atoms with Crippen LogP contribution in [0.25, 0.3) is 0 Å². The van der Waals surface area contributed by atoms with Crippen molar-refractivity contribution in [3.63, 3.8) is 0 Å². The first kappa shape index (κ1) is 19.3. The van der Waals surface area contributed by atoms with Crippen molar-refractivity contribution in [2.24, 2.45) is 0 Å². The summed E-state index contributed by atoms with van der Waals surface area (Å²) in [4.78, 5) is 21.1. The van der Waals surface area contributed by atoms with Crippen LogP contribution in [0.4, 0.5) is 0 Å². The molecule has 1 fully saturated rings. The summed E-state index contributed by atoms with van der Waals surface area (Å²) in [6, 6.07) is 13.5. The van der Waals surface area contributed by atoms with Gasteiger partial charge in [-0.1, -0.05) is 24.3 Å². The molecular formula is C21H27N3O3. The van der Waals surface area contributed by atoms with E-state index in [9.17, 15) is 9.90 Å². The van der Waals surface area contributed by atoms with E-state index in [-0.39, 0.29) is 18.6 Å². The summed E-state index contributed by atoms with van der Waals surface area (Å²) < 4.78 is 5.74. The number of carbonyl (C=O) groups is 1.